The first-order valence-corrected chi connectivity index (χ1v) is 12.8. The minimum atomic E-state index is -4.67. The van der Waals surface area contributed by atoms with Gasteiger partial charge >= 0.3 is 10.4 Å². The van der Waals surface area contributed by atoms with Crippen LogP contribution in [0, 0.1) is 0 Å². The molecule has 2 aliphatic heterocycles. The second-order valence-electron chi connectivity index (χ2n) is 9.09. The number of hydrogen-bond acceptors (Lipinski definition) is 15. The fourth-order valence-corrected chi connectivity index (χ4v) is 4.36. The minimum absolute atomic E-state index is 0.204. The smallest absolute Gasteiger partial charge is 0.394 e. The molecule has 0 aromatic carbocycles. The van der Waals surface area contributed by atoms with Crippen LogP contribution in [0.4, 0.5) is 0 Å². The van der Waals surface area contributed by atoms with E-state index in [0.717, 1.165) is 0 Å². The molecule has 17 nitrogen and oxygen atoms in total. The summed E-state index contributed by atoms with van der Waals surface area (Å²) in [7, 11) is -4.67. The summed E-state index contributed by atoms with van der Waals surface area (Å²) in [4.78, 5) is 0. The number of aliphatic hydroxyl groups is 4. The highest BCUT2D eigenvalue weighted by Crippen LogP contribution is 2.30. The normalized spacial score (nSPS) is 46.0. The molecule has 2 heterocycles. The molecule has 18 heteroatoms. The van der Waals surface area contributed by atoms with Crippen LogP contribution >= 0.6 is 0 Å². The van der Waals surface area contributed by atoms with Crippen molar-refractivity contribution in [1.29, 1.82) is 0 Å². The van der Waals surface area contributed by atoms with Crippen LogP contribution in [0.2, 0.25) is 0 Å². The van der Waals surface area contributed by atoms with Crippen molar-refractivity contribution >= 4 is 10.4 Å². The quantitative estimate of drug-likeness (QED) is 0.137. The summed E-state index contributed by atoms with van der Waals surface area (Å²) in [5, 5.41) is 40.7. The van der Waals surface area contributed by atoms with Gasteiger partial charge in [0.15, 0.2) is 12.6 Å². The summed E-state index contributed by atoms with van der Waals surface area (Å²) in [6.45, 7) is -0.214. The lowest BCUT2D eigenvalue weighted by Crippen LogP contribution is -2.68. The lowest BCUT2D eigenvalue weighted by molar-refractivity contribution is -0.313. The zero-order chi connectivity index (χ0) is 27.4. The molecule has 16 N–H and O–H groups in total. The molecule has 36 heavy (non-hydrogen) atoms. The van der Waals surface area contributed by atoms with Gasteiger partial charge in [-0.15, -0.1) is 0 Å². The minimum Gasteiger partial charge on any atom is -0.394 e. The Balaban J connectivity index is 0.000000830. The van der Waals surface area contributed by atoms with Crippen LogP contribution in [0.3, 0.4) is 0 Å². The highest BCUT2D eigenvalue weighted by molar-refractivity contribution is 7.79. The van der Waals surface area contributed by atoms with Gasteiger partial charge in [0.2, 0.25) is 0 Å². The highest BCUT2D eigenvalue weighted by Gasteiger charge is 2.49. The third kappa shape index (κ3) is 8.43. The second-order valence-corrected chi connectivity index (χ2v) is 9.99. The van der Waals surface area contributed by atoms with E-state index in [9.17, 15) is 20.4 Å². The van der Waals surface area contributed by atoms with E-state index >= 15 is 0 Å². The van der Waals surface area contributed by atoms with Gasteiger partial charge in [-0.2, -0.15) is 8.42 Å². The summed E-state index contributed by atoms with van der Waals surface area (Å²) in [5.74, 6) is 0. The first-order chi connectivity index (χ1) is 16.7. The topological polar surface area (TPSA) is 323 Å². The van der Waals surface area contributed by atoms with Gasteiger partial charge in [-0.3, -0.25) is 9.11 Å². The van der Waals surface area contributed by atoms with Crippen molar-refractivity contribution in [2.75, 3.05) is 13.2 Å². The van der Waals surface area contributed by atoms with Gasteiger partial charge in [0.05, 0.1) is 24.8 Å². The second kappa shape index (κ2) is 13.4. The highest BCUT2D eigenvalue weighted by atomic mass is 32.3. The van der Waals surface area contributed by atoms with Crippen LogP contribution in [0.15, 0.2) is 0 Å². The predicted molar refractivity (Wildman–Crippen MR) is 121 cm³/mol. The van der Waals surface area contributed by atoms with Gasteiger partial charge in [-0.25, -0.2) is 0 Å². The zero-order valence-electron chi connectivity index (χ0n) is 19.5. The average Bonchev–Trinajstić information content (AvgIpc) is 2.79. The fourth-order valence-electron chi connectivity index (χ4n) is 4.36. The first-order valence-electron chi connectivity index (χ1n) is 11.4. The molecule has 3 rings (SSSR count). The van der Waals surface area contributed by atoms with Gasteiger partial charge < -0.3 is 68.0 Å². The molecule has 0 unspecified atom stereocenters. The summed E-state index contributed by atoms with van der Waals surface area (Å²) < 4.78 is 54.5. The number of ether oxygens (including phenoxy) is 4. The van der Waals surface area contributed by atoms with E-state index in [1.54, 1.807) is 0 Å². The summed E-state index contributed by atoms with van der Waals surface area (Å²) >= 11 is 0. The molecule has 0 aromatic heterocycles. The van der Waals surface area contributed by atoms with Crippen LogP contribution in [0.1, 0.15) is 19.3 Å². The van der Waals surface area contributed by atoms with E-state index < -0.39 is 90.4 Å². The van der Waals surface area contributed by atoms with Crippen LogP contribution in [-0.2, 0) is 29.3 Å². The molecular weight excluding hydrogens is 510 g/mol. The van der Waals surface area contributed by atoms with Crippen molar-refractivity contribution < 1.29 is 56.9 Å². The van der Waals surface area contributed by atoms with E-state index in [-0.39, 0.29) is 12.5 Å². The molecule has 3 aliphatic rings. The molecule has 214 valence electrons. The van der Waals surface area contributed by atoms with Gasteiger partial charge in [0.1, 0.15) is 36.6 Å². The van der Waals surface area contributed by atoms with Gasteiger partial charge in [0, 0.05) is 18.6 Å². The Kier molecular flexibility index (Phi) is 11.8. The molecule has 0 spiro atoms. The fraction of sp³-hybridized carbons (Fsp3) is 1.00. The summed E-state index contributed by atoms with van der Waals surface area (Å²) in [6.07, 6.45) is -7.72. The van der Waals surface area contributed by atoms with Gasteiger partial charge in [-0.05, 0) is 19.3 Å². The maximum Gasteiger partial charge on any atom is 0.394 e. The van der Waals surface area contributed by atoms with E-state index in [0.29, 0.717) is 19.4 Å². The Morgan fingerprint density at radius 1 is 0.806 bits per heavy atom. The predicted octanol–water partition coefficient (Wildman–Crippen LogP) is -5.92. The lowest BCUT2D eigenvalue weighted by atomic mass is 9.84. The molecule has 1 aliphatic carbocycles. The Labute approximate surface area is 208 Å². The Hall–Kier alpha value is -0.650. The molecule has 0 amide bonds. The molecule has 2 saturated heterocycles. The van der Waals surface area contributed by atoms with Gasteiger partial charge in [0.25, 0.3) is 0 Å². The Morgan fingerprint density at radius 2 is 1.33 bits per heavy atom. The largest absolute Gasteiger partial charge is 0.394 e. The third-order valence-corrected chi connectivity index (χ3v) is 6.34. The van der Waals surface area contributed by atoms with Crippen LogP contribution in [0.25, 0.3) is 0 Å². The van der Waals surface area contributed by atoms with Crippen LogP contribution in [-0.4, -0.2) is 131 Å². The van der Waals surface area contributed by atoms with Crippen molar-refractivity contribution in [2.45, 2.75) is 98.7 Å². The zero-order valence-corrected chi connectivity index (χ0v) is 20.3. The summed E-state index contributed by atoms with van der Waals surface area (Å²) in [6, 6.07) is -2.85. The molecule has 13 atom stereocenters. The SMILES string of the molecule is NC[C@H]1CC[C@H](N)[C@H](O[C@@H]2[C@@H](O)[C@H](O[C@H]3O[C@H](CO)[C@@H](O)[C@H](N)[C@H]3O)[C@@H](N)C[C@H]2N)O1.O=S(=O)(O)O. The number of aliphatic hydroxyl groups excluding tert-OH is 4. The lowest BCUT2D eigenvalue weighted by Gasteiger charge is -2.47. The van der Waals surface area contributed by atoms with Crippen molar-refractivity contribution in [3.8, 4) is 0 Å². The van der Waals surface area contributed by atoms with Crippen molar-refractivity contribution in [3.05, 3.63) is 0 Å². The number of rotatable bonds is 6. The van der Waals surface area contributed by atoms with Crippen LogP contribution < -0.4 is 28.7 Å². The summed E-state index contributed by atoms with van der Waals surface area (Å²) in [5.41, 5.74) is 30.0. The monoisotopic (exact) mass is 549 g/mol. The molecule has 0 radical (unpaired) electrons. The maximum atomic E-state index is 11.0. The van der Waals surface area contributed by atoms with Crippen molar-refractivity contribution in [2.24, 2.45) is 28.7 Å². The molecule has 0 bridgehead atoms. The third-order valence-electron chi connectivity index (χ3n) is 6.34. The van der Waals surface area contributed by atoms with Gasteiger partial charge in [-0.1, -0.05) is 0 Å². The average molecular weight is 550 g/mol. The van der Waals surface area contributed by atoms with Crippen LogP contribution in [0.5, 0.6) is 0 Å². The standard InChI is InChI=1S/C18H37N5O8.H2O4S/c19-4-6-1-2-7(20)17(28-6)30-15-8(21)3-9(22)16(14(15)27)31-18-13(26)11(23)12(25)10(5-24)29-18;1-5(2,3)4/h6-18,24-27H,1-5,19-23H2;(H2,1,2,3,4)/t6-,7+,8-,9+,10-,11+,12-,13-,14-,15+,16-,17+,18-;/m1./s1. The van der Waals surface area contributed by atoms with E-state index in [4.69, 9.17) is 65.1 Å². The van der Waals surface area contributed by atoms with E-state index in [1.807, 2.05) is 0 Å². The molecule has 1 saturated carbocycles. The molecule has 0 aromatic rings. The Morgan fingerprint density at radius 3 is 1.83 bits per heavy atom. The Bertz CT molecular complexity index is 774. The van der Waals surface area contributed by atoms with Crippen molar-refractivity contribution in [1.82, 2.24) is 0 Å². The first kappa shape index (κ1) is 31.6. The van der Waals surface area contributed by atoms with Crippen molar-refractivity contribution in [3.63, 3.8) is 0 Å². The maximum absolute atomic E-state index is 11.0. The van der Waals surface area contributed by atoms with E-state index in [2.05, 4.69) is 0 Å². The number of nitrogens with two attached hydrogens (primary N) is 5. The van der Waals surface area contributed by atoms with E-state index in [1.165, 1.54) is 0 Å². The molecular formula is C18H39N5O12S. The number of hydrogen-bond donors (Lipinski definition) is 11. The molecule has 3 fully saturated rings.